The second kappa shape index (κ2) is 5.36. The third kappa shape index (κ3) is 3.96. The van der Waals surface area contributed by atoms with Crippen molar-refractivity contribution in [3.05, 3.63) is 0 Å². The highest BCUT2D eigenvalue weighted by Gasteiger charge is 2.37. The van der Waals surface area contributed by atoms with Crippen LogP contribution in [0.2, 0.25) is 0 Å². The van der Waals surface area contributed by atoms with E-state index in [9.17, 15) is 4.79 Å². The minimum atomic E-state index is -0.703. The predicted molar refractivity (Wildman–Crippen MR) is 69.2 cm³/mol. The van der Waals surface area contributed by atoms with E-state index in [4.69, 9.17) is 5.11 Å². The highest BCUT2D eigenvalue weighted by Crippen LogP contribution is 2.25. The number of rotatable bonds is 4. The van der Waals surface area contributed by atoms with Crippen LogP contribution in [0.1, 0.15) is 34.1 Å². The Labute approximate surface area is 105 Å². The number of nitrogens with zero attached hydrogens (tertiary/aromatic N) is 2. The van der Waals surface area contributed by atoms with Crippen molar-refractivity contribution in [2.24, 2.45) is 5.92 Å². The Balaban J connectivity index is 2.71. The van der Waals surface area contributed by atoms with Crippen molar-refractivity contribution in [2.45, 2.75) is 45.7 Å². The van der Waals surface area contributed by atoms with Crippen LogP contribution in [0, 0.1) is 5.92 Å². The van der Waals surface area contributed by atoms with Crippen LogP contribution in [0.3, 0.4) is 0 Å². The van der Waals surface area contributed by atoms with Gasteiger partial charge >= 0.3 is 5.97 Å². The van der Waals surface area contributed by atoms with E-state index >= 15 is 0 Å². The lowest BCUT2D eigenvalue weighted by atomic mass is 9.93. The van der Waals surface area contributed by atoms with E-state index in [1.54, 1.807) is 0 Å². The van der Waals surface area contributed by atoms with E-state index in [0.29, 0.717) is 5.92 Å². The van der Waals surface area contributed by atoms with Crippen LogP contribution in [0.15, 0.2) is 0 Å². The van der Waals surface area contributed by atoms with E-state index in [0.717, 1.165) is 19.6 Å². The maximum Gasteiger partial charge on any atom is 0.304 e. The molecule has 1 N–H and O–H groups in total. The monoisotopic (exact) mass is 242 g/mol. The second-order valence-electron chi connectivity index (χ2n) is 6.28. The molecule has 1 rings (SSSR count). The maximum absolute atomic E-state index is 10.9. The molecular weight excluding hydrogens is 216 g/mol. The summed E-state index contributed by atoms with van der Waals surface area (Å²) >= 11 is 0. The topological polar surface area (TPSA) is 43.8 Å². The van der Waals surface area contributed by atoms with Crippen LogP contribution >= 0.6 is 0 Å². The summed E-state index contributed by atoms with van der Waals surface area (Å²) in [6, 6.07) is 0.138. The average Bonchev–Trinajstić information content (AvgIpc) is 2.11. The van der Waals surface area contributed by atoms with Gasteiger partial charge in [0.25, 0.3) is 0 Å². The number of hydrogen-bond acceptors (Lipinski definition) is 3. The molecule has 0 aromatic heterocycles. The molecule has 0 radical (unpaired) electrons. The number of likely N-dealkylation sites (N-methyl/N-ethyl adjacent to an activating group) is 1. The van der Waals surface area contributed by atoms with E-state index in [1.807, 2.05) is 7.05 Å². The normalized spacial score (nSPS) is 26.4. The molecule has 0 aromatic carbocycles. The van der Waals surface area contributed by atoms with Crippen molar-refractivity contribution >= 4 is 5.97 Å². The van der Waals surface area contributed by atoms with Gasteiger partial charge in [0.15, 0.2) is 0 Å². The fraction of sp³-hybridized carbons (Fsp3) is 0.923. The van der Waals surface area contributed by atoms with Crippen LogP contribution in [0.5, 0.6) is 0 Å². The molecule has 0 aliphatic carbocycles. The van der Waals surface area contributed by atoms with Crippen molar-refractivity contribution in [3.8, 4) is 0 Å². The van der Waals surface area contributed by atoms with E-state index in [1.165, 1.54) is 0 Å². The summed E-state index contributed by atoms with van der Waals surface area (Å²) in [6.45, 7) is 11.7. The van der Waals surface area contributed by atoms with Gasteiger partial charge in [-0.2, -0.15) is 0 Å². The number of carboxylic acid groups (broad SMARTS) is 1. The van der Waals surface area contributed by atoms with Gasteiger partial charge in [0.1, 0.15) is 0 Å². The van der Waals surface area contributed by atoms with Gasteiger partial charge in [0.2, 0.25) is 0 Å². The molecule has 0 saturated carbocycles. The van der Waals surface area contributed by atoms with Crippen LogP contribution in [0.4, 0.5) is 0 Å². The summed E-state index contributed by atoms with van der Waals surface area (Å²) in [4.78, 5) is 15.5. The quantitative estimate of drug-likeness (QED) is 0.811. The third-order valence-corrected chi connectivity index (χ3v) is 3.54. The van der Waals surface area contributed by atoms with E-state index in [2.05, 4.69) is 37.5 Å². The fourth-order valence-electron chi connectivity index (χ4n) is 2.66. The molecular formula is C13H26N2O2. The lowest BCUT2D eigenvalue weighted by Crippen LogP contribution is -2.63. The number of carboxylic acids is 1. The summed E-state index contributed by atoms with van der Waals surface area (Å²) in [5, 5.41) is 8.94. The molecule has 1 aliphatic heterocycles. The largest absolute Gasteiger partial charge is 0.481 e. The second-order valence-corrected chi connectivity index (χ2v) is 6.28. The summed E-state index contributed by atoms with van der Waals surface area (Å²) < 4.78 is 0. The fourth-order valence-corrected chi connectivity index (χ4v) is 2.66. The first-order valence-electron chi connectivity index (χ1n) is 6.39. The molecule has 1 atom stereocenters. The Kier molecular flexibility index (Phi) is 4.55. The zero-order valence-corrected chi connectivity index (χ0v) is 11.7. The molecule has 1 aliphatic rings. The predicted octanol–water partition coefficient (Wildman–Crippen LogP) is 1.51. The van der Waals surface area contributed by atoms with Crippen molar-refractivity contribution in [2.75, 3.05) is 26.7 Å². The van der Waals surface area contributed by atoms with Gasteiger partial charge in [-0.05, 0) is 26.8 Å². The van der Waals surface area contributed by atoms with E-state index < -0.39 is 5.97 Å². The Hall–Kier alpha value is -0.610. The highest BCUT2D eigenvalue weighted by molar-refractivity contribution is 5.67. The summed E-state index contributed by atoms with van der Waals surface area (Å²) in [7, 11) is 2.03. The molecule has 0 spiro atoms. The minimum absolute atomic E-state index is 0.133. The first-order valence-corrected chi connectivity index (χ1v) is 6.39. The van der Waals surface area contributed by atoms with Crippen molar-refractivity contribution in [3.63, 3.8) is 0 Å². The number of piperazine rings is 1. The highest BCUT2D eigenvalue weighted by atomic mass is 16.4. The average molecular weight is 242 g/mol. The molecule has 1 heterocycles. The molecule has 100 valence electrons. The van der Waals surface area contributed by atoms with Crippen molar-refractivity contribution in [1.82, 2.24) is 9.80 Å². The van der Waals surface area contributed by atoms with Gasteiger partial charge in [-0.25, -0.2) is 0 Å². The van der Waals surface area contributed by atoms with Crippen LogP contribution in [-0.4, -0.2) is 59.1 Å². The molecule has 1 saturated heterocycles. The number of hydrogen-bond donors (Lipinski definition) is 1. The van der Waals surface area contributed by atoms with Crippen molar-refractivity contribution < 1.29 is 9.90 Å². The van der Waals surface area contributed by atoms with Gasteiger partial charge in [0.05, 0.1) is 6.42 Å². The third-order valence-electron chi connectivity index (χ3n) is 3.54. The minimum Gasteiger partial charge on any atom is -0.481 e. The molecule has 1 fully saturated rings. The van der Waals surface area contributed by atoms with Gasteiger partial charge in [-0.3, -0.25) is 14.6 Å². The Morgan fingerprint density at radius 1 is 1.47 bits per heavy atom. The summed E-state index contributed by atoms with van der Waals surface area (Å²) in [5.41, 5.74) is 0.133. The SMILES string of the molecule is CC(C)CN1CC(CC(=O)O)N(C)CC1(C)C. The van der Waals surface area contributed by atoms with Crippen LogP contribution < -0.4 is 0 Å². The van der Waals surface area contributed by atoms with Crippen molar-refractivity contribution in [1.29, 1.82) is 0 Å². The van der Waals surface area contributed by atoms with Gasteiger partial charge in [-0.15, -0.1) is 0 Å². The van der Waals surface area contributed by atoms with Crippen LogP contribution in [-0.2, 0) is 4.79 Å². The standard InChI is InChI=1S/C13H26N2O2/c1-10(2)7-15-8-11(6-12(16)17)14(5)9-13(15,3)4/h10-11H,6-9H2,1-5H3,(H,16,17). The molecule has 0 aromatic rings. The Morgan fingerprint density at radius 2 is 2.06 bits per heavy atom. The summed E-state index contributed by atoms with van der Waals surface area (Å²) in [5.74, 6) is -0.0887. The van der Waals surface area contributed by atoms with Gasteiger partial charge in [-0.1, -0.05) is 13.8 Å². The van der Waals surface area contributed by atoms with E-state index in [-0.39, 0.29) is 18.0 Å². The zero-order valence-electron chi connectivity index (χ0n) is 11.7. The molecule has 1 unspecified atom stereocenters. The molecule has 0 amide bonds. The van der Waals surface area contributed by atoms with Gasteiger partial charge in [0, 0.05) is 31.2 Å². The molecule has 4 nitrogen and oxygen atoms in total. The first-order chi connectivity index (χ1) is 7.72. The molecule has 4 heteroatoms. The van der Waals surface area contributed by atoms with Crippen LogP contribution in [0.25, 0.3) is 0 Å². The smallest absolute Gasteiger partial charge is 0.304 e. The lowest BCUT2D eigenvalue weighted by molar-refractivity contribution is -0.139. The summed E-state index contributed by atoms with van der Waals surface area (Å²) in [6.07, 6.45) is 0.237. The lowest BCUT2D eigenvalue weighted by Gasteiger charge is -2.50. The first kappa shape index (κ1) is 14.5. The van der Waals surface area contributed by atoms with Gasteiger partial charge < -0.3 is 5.11 Å². The zero-order chi connectivity index (χ0) is 13.2. The number of aliphatic carboxylic acids is 1. The Bertz CT molecular complexity index is 277. The molecule has 17 heavy (non-hydrogen) atoms. The Morgan fingerprint density at radius 3 is 2.53 bits per heavy atom. The maximum atomic E-state index is 10.9. The number of carbonyl (C=O) groups is 1. The molecule has 0 bridgehead atoms.